The fourth-order valence-electron chi connectivity index (χ4n) is 1.88. The largest absolute Gasteiger partial charge is 0.478 e. The molecule has 0 unspecified atom stereocenters. The third kappa shape index (κ3) is 2.37. The van der Waals surface area contributed by atoms with Gasteiger partial charge in [-0.25, -0.2) is 14.3 Å². The minimum Gasteiger partial charge on any atom is -0.478 e. The van der Waals surface area contributed by atoms with E-state index in [1.54, 1.807) is 41.2 Å². The van der Waals surface area contributed by atoms with E-state index in [-0.39, 0.29) is 5.56 Å². The maximum atomic E-state index is 10.8. The fourth-order valence-corrected chi connectivity index (χ4v) is 2.74. The van der Waals surface area contributed by atoms with E-state index in [1.165, 1.54) is 11.8 Å². The molecule has 2 heterocycles. The predicted molar refractivity (Wildman–Crippen MR) is 75.2 cm³/mol. The third-order valence-electron chi connectivity index (χ3n) is 2.79. The second-order valence-electron chi connectivity index (χ2n) is 4.28. The molecule has 2 aromatic heterocycles. The monoisotopic (exact) mass is 285 g/mol. The summed E-state index contributed by atoms with van der Waals surface area (Å²) in [5.41, 5.74) is 2.15. The van der Waals surface area contributed by atoms with E-state index in [0.29, 0.717) is 0 Å². The first-order chi connectivity index (χ1) is 9.63. The zero-order valence-electron chi connectivity index (χ0n) is 10.6. The molecule has 0 radical (unpaired) electrons. The zero-order chi connectivity index (χ0) is 14.1. The van der Waals surface area contributed by atoms with Gasteiger partial charge in [0.15, 0.2) is 0 Å². The normalized spacial score (nSPS) is 10.8. The van der Waals surface area contributed by atoms with Gasteiger partial charge in [-0.15, -0.1) is 0 Å². The van der Waals surface area contributed by atoms with E-state index >= 15 is 0 Å². The van der Waals surface area contributed by atoms with Crippen LogP contribution in [0.1, 0.15) is 16.1 Å². The Kier molecular flexibility index (Phi) is 3.15. The molecule has 1 aromatic carbocycles. The second kappa shape index (κ2) is 4.97. The lowest BCUT2D eigenvalue weighted by molar-refractivity contribution is 0.0697. The summed E-state index contributed by atoms with van der Waals surface area (Å²) in [5, 5.41) is 14.1. The number of carboxylic acids is 1. The lowest BCUT2D eigenvalue weighted by atomic mass is 10.2. The standard InChI is InChI=1S/C14H11N3O2S/c1-9-8-12-13(15-6-7-17(12)16-9)20-11-4-2-10(3-5-11)14(18)19/h2-8H,1H3,(H,18,19). The molecule has 0 amide bonds. The molecule has 0 aliphatic rings. The first kappa shape index (κ1) is 12.7. The van der Waals surface area contributed by atoms with Gasteiger partial charge in [-0.05, 0) is 37.3 Å². The average molecular weight is 285 g/mol. The van der Waals surface area contributed by atoms with Gasteiger partial charge >= 0.3 is 5.97 Å². The molecule has 0 aliphatic heterocycles. The van der Waals surface area contributed by atoms with E-state index in [1.807, 2.05) is 13.0 Å². The lowest BCUT2D eigenvalue weighted by Crippen LogP contribution is -1.95. The number of fused-ring (bicyclic) bond motifs is 1. The highest BCUT2D eigenvalue weighted by Gasteiger charge is 2.08. The Bertz CT molecular complexity index is 781. The average Bonchev–Trinajstić information content (AvgIpc) is 2.81. The van der Waals surface area contributed by atoms with E-state index in [0.717, 1.165) is 21.1 Å². The molecule has 6 heteroatoms. The van der Waals surface area contributed by atoms with Gasteiger partial charge in [-0.2, -0.15) is 5.10 Å². The molecular weight excluding hydrogens is 274 g/mol. The van der Waals surface area contributed by atoms with Gasteiger partial charge in [0.1, 0.15) is 5.03 Å². The molecule has 20 heavy (non-hydrogen) atoms. The Balaban J connectivity index is 1.94. The Morgan fingerprint density at radius 1 is 1.30 bits per heavy atom. The van der Waals surface area contributed by atoms with Crippen molar-refractivity contribution in [2.45, 2.75) is 16.8 Å². The highest BCUT2D eigenvalue weighted by molar-refractivity contribution is 7.99. The summed E-state index contributed by atoms with van der Waals surface area (Å²) in [6.07, 6.45) is 3.51. The SMILES string of the molecule is Cc1cc2c(Sc3ccc(C(=O)O)cc3)nccn2n1. The van der Waals surface area contributed by atoms with Gasteiger partial charge in [0.2, 0.25) is 0 Å². The Labute approximate surface area is 119 Å². The molecule has 0 fully saturated rings. The first-order valence-corrected chi connectivity index (χ1v) is 6.77. The van der Waals surface area contributed by atoms with Gasteiger partial charge < -0.3 is 5.11 Å². The van der Waals surface area contributed by atoms with Gasteiger partial charge in [-0.1, -0.05) is 11.8 Å². The van der Waals surface area contributed by atoms with E-state index in [2.05, 4.69) is 10.1 Å². The van der Waals surface area contributed by atoms with Crippen molar-refractivity contribution in [1.29, 1.82) is 0 Å². The van der Waals surface area contributed by atoms with Crippen molar-refractivity contribution in [2.75, 3.05) is 0 Å². The van der Waals surface area contributed by atoms with Crippen LogP contribution >= 0.6 is 11.8 Å². The molecule has 0 saturated carbocycles. The van der Waals surface area contributed by atoms with Crippen LogP contribution in [0.4, 0.5) is 0 Å². The van der Waals surface area contributed by atoms with Gasteiger partial charge in [0.25, 0.3) is 0 Å². The number of nitrogens with zero attached hydrogens (tertiary/aromatic N) is 3. The van der Waals surface area contributed by atoms with Crippen molar-refractivity contribution in [3.8, 4) is 0 Å². The van der Waals surface area contributed by atoms with Crippen LogP contribution in [0.2, 0.25) is 0 Å². The minimum absolute atomic E-state index is 0.278. The minimum atomic E-state index is -0.923. The second-order valence-corrected chi connectivity index (χ2v) is 5.34. The molecular formula is C14H11N3O2S. The lowest BCUT2D eigenvalue weighted by Gasteiger charge is -2.03. The van der Waals surface area contributed by atoms with Crippen LogP contribution in [-0.2, 0) is 0 Å². The topological polar surface area (TPSA) is 67.5 Å². The fraction of sp³-hybridized carbons (Fsp3) is 0.0714. The van der Waals surface area contributed by atoms with E-state index in [4.69, 9.17) is 5.11 Å². The summed E-state index contributed by atoms with van der Waals surface area (Å²) >= 11 is 1.49. The van der Waals surface area contributed by atoms with Crippen LogP contribution in [-0.4, -0.2) is 25.7 Å². The summed E-state index contributed by atoms with van der Waals surface area (Å²) in [6, 6.07) is 8.71. The molecule has 0 bridgehead atoms. The number of hydrogen-bond donors (Lipinski definition) is 1. The van der Waals surface area contributed by atoms with Crippen LogP contribution in [0.25, 0.3) is 5.52 Å². The van der Waals surface area contributed by atoms with Gasteiger partial charge in [0, 0.05) is 17.3 Å². The summed E-state index contributed by atoms with van der Waals surface area (Å²) in [6.45, 7) is 1.93. The summed E-state index contributed by atoms with van der Waals surface area (Å²) in [5.74, 6) is -0.923. The predicted octanol–water partition coefficient (Wildman–Crippen LogP) is 2.89. The maximum Gasteiger partial charge on any atom is 0.335 e. The van der Waals surface area contributed by atoms with Crippen molar-refractivity contribution in [3.63, 3.8) is 0 Å². The van der Waals surface area contributed by atoms with E-state index < -0.39 is 5.97 Å². The smallest absolute Gasteiger partial charge is 0.335 e. The number of hydrogen-bond acceptors (Lipinski definition) is 4. The van der Waals surface area contributed by atoms with Gasteiger partial charge in [0.05, 0.1) is 16.8 Å². The number of aromatic nitrogens is 3. The van der Waals surface area contributed by atoms with Crippen LogP contribution < -0.4 is 0 Å². The molecule has 0 aliphatic carbocycles. The Morgan fingerprint density at radius 2 is 2.05 bits per heavy atom. The Morgan fingerprint density at radius 3 is 2.75 bits per heavy atom. The summed E-state index contributed by atoms with van der Waals surface area (Å²) < 4.78 is 1.79. The van der Waals surface area contributed by atoms with Crippen molar-refractivity contribution in [3.05, 3.63) is 54.0 Å². The molecule has 3 aromatic rings. The first-order valence-electron chi connectivity index (χ1n) is 5.96. The number of aromatic carboxylic acids is 1. The quantitative estimate of drug-likeness (QED) is 0.801. The number of aryl methyl sites for hydroxylation is 1. The van der Waals surface area contributed by atoms with Gasteiger partial charge in [-0.3, -0.25) is 0 Å². The number of rotatable bonds is 3. The van der Waals surface area contributed by atoms with E-state index in [9.17, 15) is 4.79 Å². The van der Waals surface area contributed by atoms with Crippen molar-refractivity contribution >= 4 is 23.2 Å². The number of carbonyl (C=O) groups is 1. The molecule has 0 spiro atoms. The molecule has 1 N–H and O–H groups in total. The third-order valence-corrected chi connectivity index (χ3v) is 3.81. The molecule has 100 valence electrons. The molecule has 0 atom stereocenters. The summed E-state index contributed by atoms with van der Waals surface area (Å²) in [7, 11) is 0. The molecule has 3 rings (SSSR count). The zero-order valence-corrected chi connectivity index (χ0v) is 11.5. The van der Waals surface area contributed by atoms with Crippen molar-refractivity contribution in [1.82, 2.24) is 14.6 Å². The van der Waals surface area contributed by atoms with Crippen molar-refractivity contribution < 1.29 is 9.90 Å². The van der Waals surface area contributed by atoms with Crippen LogP contribution in [0.5, 0.6) is 0 Å². The highest BCUT2D eigenvalue weighted by atomic mass is 32.2. The van der Waals surface area contributed by atoms with Crippen LogP contribution in [0.15, 0.2) is 52.6 Å². The molecule has 0 saturated heterocycles. The number of carboxylic acid groups (broad SMARTS) is 1. The van der Waals surface area contributed by atoms with Crippen LogP contribution in [0.3, 0.4) is 0 Å². The summed E-state index contributed by atoms with van der Waals surface area (Å²) in [4.78, 5) is 16.1. The van der Waals surface area contributed by atoms with Crippen molar-refractivity contribution in [2.24, 2.45) is 0 Å². The molecule has 5 nitrogen and oxygen atoms in total. The number of benzene rings is 1. The maximum absolute atomic E-state index is 10.8. The highest BCUT2D eigenvalue weighted by Crippen LogP contribution is 2.29. The van der Waals surface area contributed by atoms with Crippen LogP contribution in [0, 0.1) is 6.92 Å². The Hall–Kier alpha value is -2.34.